The Kier molecular flexibility index (Phi) is 5.83. The lowest BCUT2D eigenvalue weighted by molar-refractivity contribution is 0.215. The maximum absolute atomic E-state index is 11.2. The van der Waals surface area contributed by atoms with Gasteiger partial charge in [-0.05, 0) is 51.2 Å². The van der Waals surface area contributed by atoms with Crippen molar-refractivity contribution < 1.29 is 9.84 Å². The maximum Gasteiger partial charge on any atom is 0.226 e. The number of pyridine rings is 1. The molecule has 0 aliphatic carbocycles. The molecule has 0 radical (unpaired) electrons. The van der Waals surface area contributed by atoms with Gasteiger partial charge in [0.2, 0.25) is 5.88 Å². The summed E-state index contributed by atoms with van der Waals surface area (Å²) < 4.78 is 8.91. The summed E-state index contributed by atoms with van der Waals surface area (Å²) in [5, 5.41) is 20.9. The van der Waals surface area contributed by atoms with Crippen LogP contribution in [0.15, 0.2) is 77.3 Å². The van der Waals surface area contributed by atoms with Gasteiger partial charge in [-0.1, -0.05) is 74.5 Å². The minimum absolute atomic E-state index is 0.0692. The van der Waals surface area contributed by atoms with Crippen LogP contribution < -0.4 is 4.74 Å². The standard InChI is InChI=1S/C27H25BrN4O2/c1-27(2,3)16-32-21-13-14-22(23(28)24(21)30-31-32)34-26-19(25(33)17-9-5-4-6-10-17)15-18-11-7-8-12-20(18)29-26/h4-15,25,33H,16H2,1-3H3. The molecule has 5 aromatic rings. The van der Waals surface area contributed by atoms with Crippen LogP contribution in [0.5, 0.6) is 11.6 Å². The van der Waals surface area contributed by atoms with Gasteiger partial charge >= 0.3 is 0 Å². The van der Waals surface area contributed by atoms with Crippen molar-refractivity contribution >= 4 is 37.9 Å². The number of nitrogens with zero attached hydrogens (tertiary/aromatic N) is 4. The van der Waals surface area contributed by atoms with Crippen molar-refractivity contribution in [3.05, 3.63) is 88.4 Å². The molecule has 1 N–H and O–H groups in total. The van der Waals surface area contributed by atoms with Crippen LogP contribution in [-0.4, -0.2) is 25.1 Å². The van der Waals surface area contributed by atoms with Gasteiger partial charge in [0, 0.05) is 17.5 Å². The number of aliphatic hydroxyl groups is 1. The molecule has 0 saturated carbocycles. The Morgan fingerprint density at radius 3 is 2.50 bits per heavy atom. The predicted molar refractivity (Wildman–Crippen MR) is 137 cm³/mol. The summed E-state index contributed by atoms with van der Waals surface area (Å²) in [4.78, 5) is 4.75. The minimum atomic E-state index is -0.886. The molecule has 0 bridgehead atoms. The molecular formula is C27H25BrN4O2. The summed E-state index contributed by atoms with van der Waals surface area (Å²) in [6.45, 7) is 7.24. The largest absolute Gasteiger partial charge is 0.437 e. The number of aliphatic hydroxyl groups excluding tert-OH is 1. The van der Waals surface area contributed by atoms with Gasteiger partial charge in [0.1, 0.15) is 17.4 Å². The number of hydrogen-bond acceptors (Lipinski definition) is 5. The summed E-state index contributed by atoms with van der Waals surface area (Å²) in [6.07, 6.45) is -0.886. The van der Waals surface area contributed by atoms with Crippen molar-refractivity contribution in [3.63, 3.8) is 0 Å². The number of hydrogen-bond donors (Lipinski definition) is 1. The van der Waals surface area contributed by atoms with Crippen LogP contribution in [0.1, 0.15) is 38.0 Å². The quantitative estimate of drug-likeness (QED) is 0.282. The first-order chi connectivity index (χ1) is 16.3. The number of halogens is 1. The van der Waals surface area contributed by atoms with Crippen LogP contribution in [0.3, 0.4) is 0 Å². The van der Waals surface area contributed by atoms with Gasteiger partial charge in [0.15, 0.2) is 0 Å². The van der Waals surface area contributed by atoms with E-state index in [1.807, 2.05) is 77.5 Å². The highest BCUT2D eigenvalue weighted by atomic mass is 79.9. The average Bonchev–Trinajstić information content (AvgIpc) is 3.22. The summed E-state index contributed by atoms with van der Waals surface area (Å²) in [6, 6.07) is 23.1. The van der Waals surface area contributed by atoms with Crippen LogP contribution >= 0.6 is 15.9 Å². The summed E-state index contributed by atoms with van der Waals surface area (Å²) in [7, 11) is 0. The molecule has 0 aliphatic rings. The molecule has 2 heterocycles. The minimum Gasteiger partial charge on any atom is -0.437 e. The smallest absolute Gasteiger partial charge is 0.226 e. The molecule has 2 aromatic heterocycles. The summed E-state index contributed by atoms with van der Waals surface area (Å²) in [5.41, 5.74) is 3.85. The van der Waals surface area contributed by atoms with Crippen molar-refractivity contribution in [1.29, 1.82) is 0 Å². The van der Waals surface area contributed by atoms with E-state index in [0.717, 1.165) is 28.5 Å². The molecule has 172 valence electrons. The Morgan fingerprint density at radius 2 is 1.74 bits per heavy atom. The second kappa shape index (κ2) is 8.81. The van der Waals surface area contributed by atoms with E-state index in [-0.39, 0.29) is 5.41 Å². The second-order valence-corrected chi connectivity index (χ2v) is 10.3. The zero-order valence-electron chi connectivity index (χ0n) is 19.2. The Balaban J connectivity index is 1.58. The molecule has 6 nitrogen and oxygen atoms in total. The lowest BCUT2D eigenvalue weighted by Crippen LogP contribution is -2.16. The van der Waals surface area contributed by atoms with Crippen molar-refractivity contribution in [1.82, 2.24) is 20.0 Å². The van der Waals surface area contributed by atoms with Gasteiger partial charge in [0.25, 0.3) is 0 Å². The van der Waals surface area contributed by atoms with E-state index in [2.05, 4.69) is 47.0 Å². The molecule has 0 saturated heterocycles. The molecule has 7 heteroatoms. The molecule has 0 amide bonds. The number of benzene rings is 3. The molecule has 1 atom stereocenters. The average molecular weight is 517 g/mol. The van der Waals surface area contributed by atoms with E-state index in [0.29, 0.717) is 27.2 Å². The van der Waals surface area contributed by atoms with Gasteiger partial charge in [-0.25, -0.2) is 9.67 Å². The first-order valence-corrected chi connectivity index (χ1v) is 11.9. The number of ether oxygens (including phenoxy) is 1. The molecule has 5 rings (SSSR count). The third kappa shape index (κ3) is 4.41. The fraction of sp³-hybridized carbons (Fsp3) is 0.222. The normalized spacial score (nSPS) is 12.9. The number of fused-ring (bicyclic) bond motifs is 2. The van der Waals surface area contributed by atoms with Gasteiger partial charge in [-0.15, -0.1) is 5.10 Å². The van der Waals surface area contributed by atoms with Crippen LogP contribution in [0.2, 0.25) is 0 Å². The lowest BCUT2D eigenvalue weighted by Gasteiger charge is -2.18. The fourth-order valence-electron chi connectivity index (χ4n) is 3.94. The summed E-state index contributed by atoms with van der Waals surface area (Å²) in [5.74, 6) is 0.900. The van der Waals surface area contributed by atoms with Gasteiger partial charge in [0.05, 0.1) is 15.5 Å². The molecule has 34 heavy (non-hydrogen) atoms. The van der Waals surface area contributed by atoms with Crippen molar-refractivity contribution in [3.8, 4) is 11.6 Å². The van der Waals surface area contributed by atoms with E-state index in [1.54, 1.807) is 0 Å². The monoisotopic (exact) mass is 516 g/mol. The fourth-order valence-corrected chi connectivity index (χ4v) is 4.44. The molecule has 1 unspecified atom stereocenters. The Bertz CT molecular complexity index is 1480. The van der Waals surface area contributed by atoms with Crippen LogP contribution in [0, 0.1) is 5.41 Å². The van der Waals surface area contributed by atoms with Gasteiger partial charge < -0.3 is 9.84 Å². The predicted octanol–water partition coefficient (Wildman–Crippen LogP) is 6.66. The highest BCUT2D eigenvalue weighted by Crippen LogP contribution is 2.39. The topological polar surface area (TPSA) is 73.1 Å². The highest BCUT2D eigenvalue weighted by molar-refractivity contribution is 9.10. The first-order valence-electron chi connectivity index (χ1n) is 11.1. The molecule has 0 spiro atoms. The molecular weight excluding hydrogens is 492 g/mol. The molecule has 0 fully saturated rings. The van der Waals surface area contributed by atoms with Gasteiger partial charge in [-0.3, -0.25) is 0 Å². The number of para-hydroxylation sites is 1. The zero-order valence-corrected chi connectivity index (χ0v) is 20.8. The third-order valence-corrected chi connectivity index (χ3v) is 6.31. The van der Waals surface area contributed by atoms with Crippen molar-refractivity contribution in [2.45, 2.75) is 33.4 Å². The summed E-state index contributed by atoms with van der Waals surface area (Å²) >= 11 is 3.66. The number of aromatic nitrogens is 4. The Labute approximate surface area is 206 Å². The van der Waals surface area contributed by atoms with E-state index in [4.69, 9.17) is 9.72 Å². The molecule has 0 aliphatic heterocycles. The van der Waals surface area contributed by atoms with Crippen LogP contribution in [0.25, 0.3) is 21.9 Å². The van der Waals surface area contributed by atoms with Crippen LogP contribution in [0.4, 0.5) is 0 Å². The lowest BCUT2D eigenvalue weighted by atomic mass is 9.97. The van der Waals surface area contributed by atoms with Crippen molar-refractivity contribution in [2.75, 3.05) is 0 Å². The van der Waals surface area contributed by atoms with Gasteiger partial charge in [-0.2, -0.15) is 0 Å². The first kappa shape index (κ1) is 22.5. The third-order valence-electron chi connectivity index (χ3n) is 5.55. The number of rotatable bonds is 5. The Hall–Kier alpha value is -3.29. The van der Waals surface area contributed by atoms with Crippen LogP contribution in [-0.2, 0) is 6.54 Å². The van der Waals surface area contributed by atoms with E-state index in [9.17, 15) is 5.11 Å². The molecule has 3 aromatic carbocycles. The van der Waals surface area contributed by atoms with E-state index >= 15 is 0 Å². The van der Waals surface area contributed by atoms with Crippen molar-refractivity contribution in [2.24, 2.45) is 5.41 Å². The zero-order chi connectivity index (χ0) is 23.9. The Morgan fingerprint density at radius 1 is 1.00 bits per heavy atom. The van der Waals surface area contributed by atoms with E-state index < -0.39 is 6.10 Å². The van der Waals surface area contributed by atoms with E-state index in [1.165, 1.54) is 0 Å². The maximum atomic E-state index is 11.2. The SMILES string of the molecule is CC(C)(C)Cn1nnc2c(Br)c(Oc3nc4ccccc4cc3C(O)c3ccccc3)ccc21. The second-order valence-electron chi connectivity index (χ2n) is 9.54. The highest BCUT2D eigenvalue weighted by Gasteiger charge is 2.22.